The van der Waals surface area contributed by atoms with E-state index in [0.29, 0.717) is 0 Å². The molecule has 0 bridgehead atoms. The Kier molecular flexibility index (Phi) is 77.4. The molecule has 0 rings (SSSR count). The zero-order valence-electron chi connectivity index (χ0n) is 3.84. The van der Waals surface area contributed by atoms with Crippen LogP contribution in [-0.2, 0) is 0 Å². The molecule has 0 spiro atoms. The summed E-state index contributed by atoms with van der Waals surface area (Å²) >= 11 is 14.8. The second kappa shape index (κ2) is 22.6. The molecule has 0 aliphatic rings. The Morgan fingerprint density at radius 3 is 1.00 bits per heavy atom. The summed E-state index contributed by atoms with van der Waals surface area (Å²) in [7, 11) is 0. The van der Waals surface area contributed by atoms with Gasteiger partial charge in [0.05, 0.1) is 0 Å². The van der Waals surface area contributed by atoms with E-state index in [1.807, 2.05) is 0 Å². The molecule has 9 heavy (non-hydrogen) atoms. The molecule has 0 aromatic heterocycles. The lowest BCUT2D eigenvalue weighted by Crippen LogP contribution is -1.33. The van der Waals surface area contributed by atoms with Gasteiger partial charge in [0, 0.05) is 5.54 Å². The molecule has 0 fully saturated rings. The maximum atomic E-state index is 4.96. The van der Waals surface area contributed by atoms with Crippen LogP contribution in [0.25, 0.3) is 0 Å². The highest BCUT2D eigenvalue weighted by Gasteiger charge is 1.70. The highest BCUT2D eigenvalue weighted by molar-refractivity contribution is 6.58. The van der Waals surface area contributed by atoms with Crippen LogP contribution in [0.3, 0.4) is 0 Å². The lowest BCUT2D eigenvalue weighted by molar-refractivity contribution is 2.36. The van der Waals surface area contributed by atoms with Gasteiger partial charge < -0.3 is 0 Å². The molecule has 0 saturated carbocycles. The Labute approximate surface area is 93.9 Å². The van der Waals surface area contributed by atoms with Crippen molar-refractivity contribution < 1.29 is 0 Å². The van der Waals surface area contributed by atoms with Gasteiger partial charge in [-0.25, -0.2) is 0 Å². The Morgan fingerprint density at radius 2 is 1.00 bits per heavy atom. The molecule has 0 nitrogen and oxygen atoms in total. The van der Waals surface area contributed by atoms with Gasteiger partial charge in [-0.1, -0.05) is 34.8 Å². The molecule has 0 aromatic carbocycles. The minimum atomic E-state index is 0. The smallest absolute Gasteiger partial charge is 0.118 e. The highest BCUT2D eigenvalue weighted by Crippen LogP contribution is 2.05. The second-order valence-corrected chi connectivity index (χ2v) is 1.62. The largest absolute Gasteiger partial charge is 0.147 e. The summed E-state index contributed by atoms with van der Waals surface area (Å²) in [5.41, 5.74) is 1.09. The molecule has 0 aliphatic heterocycles. The Hall–Kier alpha value is 1.77. The van der Waals surface area contributed by atoms with Crippen LogP contribution in [0.5, 0.6) is 0 Å². The molecule has 0 aromatic rings. The van der Waals surface area contributed by atoms with E-state index in [0.717, 1.165) is 5.54 Å². The lowest BCUT2D eigenvalue weighted by Gasteiger charge is -1.64. The number of rotatable bonds is 0. The molecule has 62 valence electrons. The summed E-state index contributed by atoms with van der Waals surface area (Å²) in [6.45, 7) is 0. The summed E-state index contributed by atoms with van der Waals surface area (Å²) in [5, 5.41) is 0. The first-order valence-electron chi connectivity index (χ1n) is 0.885. The second-order valence-electron chi connectivity index (χ2n) is 0.399. The van der Waals surface area contributed by atoms with Crippen LogP contribution in [0.1, 0.15) is 0 Å². The molecule has 0 N–H and O–H groups in total. The fourth-order valence-electron chi connectivity index (χ4n) is 0. The predicted molar refractivity (Wildman–Crippen MR) is 54.6 cm³/mol. The van der Waals surface area contributed by atoms with Crippen LogP contribution < -0.4 is 0 Å². The van der Waals surface area contributed by atoms with E-state index < -0.39 is 0 Å². The van der Waals surface area contributed by atoms with Gasteiger partial charge in [-0.15, -0.1) is 49.6 Å². The molecule has 7 heteroatoms. The highest BCUT2D eigenvalue weighted by atomic mass is 35.5. The van der Waals surface area contributed by atoms with Crippen molar-refractivity contribution >= 4 is 84.4 Å². The molecule has 0 unspecified atom stereocenters. The van der Waals surface area contributed by atoms with Crippen LogP contribution in [0, 0.1) is 0 Å². The topological polar surface area (TPSA) is 0 Å². The van der Waals surface area contributed by atoms with Gasteiger partial charge in [-0.2, -0.15) is 0 Å². The average Bonchev–Trinajstić information content (AvgIpc) is 1.38. The van der Waals surface area contributed by atoms with E-state index in [1.54, 1.807) is 0 Å². The van der Waals surface area contributed by atoms with E-state index in [4.69, 9.17) is 34.8 Å². The Balaban J connectivity index is -0.0000000133. The van der Waals surface area contributed by atoms with Gasteiger partial charge in [-0.05, 0) is 0 Å². The third kappa shape index (κ3) is 41.5. The molecule has 0 amide bonds. The van der Waals surface area contributed by atoms with Crippen molar-refractivity contribution in [3.05, 3.63) is 10.0 Å². The first-order valence-corrected chi connectivity index (χ1v) is 2.08. The van der Waals surface area contributed by atoms with Gasteiger partial charge >= 0.3 is 0 Å². The summed E-state index contributed by atoms with van der Waals surface area (Å²) in [6, 6.07) is 0. The third-order valence-electron chi connectivity index (χ3n) is 0.0825. The summed E-state index contributed by atoms with van der Waals surface area (Å²) in [4.78, 5) is 0. The monoisotopic (exact) mass is 274 g/mol. The molecule has 0 radical (unpaired) electrons. The van der Waals surface area contributed by atoms with Gasteiger partial charge in [0.25, 0.3) is 0 Å². The van der Waals surface area contributed by atoms with E-state index >= 15 is 0 Å². The maximum Gasteiger partial charge on any atom is 0.118 e. The van der Waals surface area contributed by atoms with E-state index in [1.165, 1.54) is 0 Å². The average molecular weight is 277 g/mol. The van der Waals surface area contributed by atoms with Crippen LogP contribution in [0.15, 0.2) is 10.0 Å². The van der Waals surface area contributed by atoms with Gasteiger partial charge in [0.2, 0.25) is 0 Å². The Morgan fingerprint density at radius 1 is 0.889 bits per heavy atom. The summed E-state index contributed by atoms with van der Waals surface area (Å²) < 4.78 is 0.0895. The number of hydrogen-bond acceptors (Lipinski definition) is 0. The minimum Gasteiger partial charge on any atom is -0.147 e. The first-order chi connectivity index (χ1) is 2.27. The van der Waals surface area contributed by atoms with Gasteiger partial charge in [-0.3, -0.25) is 0 Å². The van der Waals surface area contributed by atoms with Crippen molar-refractivity contribution in [3.8, 4) is 0 Å². The van der Waals surface area contributed by atoms with Crippen molar-refractivity contribution in [1.29, 1.82) is 0 Å². The lowest BCUT2D eigenvalue weighted by atomic mass is 11.2. The van der Waals surface area contributed by atoms with Crippen molar-refractivity contribution in [2.24, 2.45) is 0 Å². The molecular formula is C2H5Cl7. The van der Waals surface area contributed by atoms with Crippen LogP contribution in [0.4, 0.5) is 0 Å². The van der Waals surface area contributed by atoms with Gasteiger partial charge in [0.15, 0.2) is 0 Å². The van der Waals surface area contributed by atoms with E-state index in [2.05, 4.69) is 0 Å². The summed E-state index contributed by atoms with van der Waals surface area (Å²) in [6.07, 6.45) is 0. The van der Waals surface area contributed by atoms with E-state index in [-0.39, 0.29) is 54.1 Å². The standard InChI is InChI=1S/C2HCl3.4ClH/c3-1-2(4)5;;;;/h1H;4*1H. The minimum absolute atomic E-state index is 0. The van der Waals surface area contributed by atoms with E-state index in [9.17, 15) is 0 Å². The fraction of sp³-hybridized carbons (Fsp3) is 0. The molecule has 0 aliphatic carbocycles. The maximum absolute atomic E-state index is 4.96. The SMILES string of the molecule is Cl.Cl.Cl.Cl.ClC=C(Cl)Cl. The quantitative estimate of drug-likeness (QED) is 0.623. The molecule has 0 heterocycles. The molecule has 0 saturated heterocycles. The van der Waals surface area contributed by atoms with Crippen LogP contribution >= 0.6 is 84.4 Å². The summed E-state index contributed by atoms with van der Waals surface area (Å²) in [5.74, 6) is 0. The van der Waals surface area contributed by atoms with Crippen molar-refractivity contribution in [3.63, 3.8) is 0 Å². The fourth-order valence-corrected chi connectivity index (χ4v) is 0. The first kappa shape index (κ1) is 30.9. The molecular weight excluding hydrogens is 272 g/mol. The van der Waals surface area contributed by atoms with Crippen molar-refractivity contribution in [2.75, 3.05) is 0 Å². The normalized spacial score (nSPS) is 3.89. The number of halogens is 7. The number of hydrogen-bond donors (Lipinski definition) is 0. The zero-order chi connectivity index (χ0) is 4.28. The van der Waals surface area contributed by atoms with Crippen LogP contribution in [-0.4, -0.2) is 0 Å². The predicted octanol–water partition coefficient (Wildman–Crippen LogP) is 4.19. The van der Waals surface area contributed by atoms with Crippen LogP contribution in [0.2, 0.25) is 0 Å². The third-order valence-corrected chi connectivity index (χ3v) is 0.742. The van der Waals surface area contributed by atoms with Crippen molar-refractivity contribution in [2.45, 2.75) is 0 Å². The van der Waals surface area contributed by atoms with Gasteiger partial charge in [0.1, 0.15) is 4.49 Å². The Bertz CT molecular complexity index is 44.9. The molecule has 0 atom stereocenters. The zero-order valence-corrected chi connectivity index (χ0v) is 9.38. The van der Waals surface area contributed by atoms with Crippen molar-refractivity contribution in [1.82, 2.24) is 0 Å².